The highest BCUT2D eigenvalue weighted by Crippen LogP contribution is 2.31. The lowest BCUT2D eigenvalue weighted by Gasteiger charge is -2.32. The number of aliphatic hydroxyl groups is 1. The molecule has 0 unspecified atom stereocenters. The molecular weight excluding hydrogens is 267 g/mol. The standard InChI is InChI=1S/C15H22F3NO/c1-5-14(3,4)19-10(2)13(20)11-7-6-8-12(9-11)15(16,17)18/h6-10,13,19-20H,5H2,1-4H3/t10-,13+/m1/s1. The molecule has 2 atom stereocenters. The first-order valence-electron chi connectivity index (χ1n) is 6.70. The minimum atomic E-state index is -4.39. The van der Waals surface area contributed by atoms with Crippen molar-refractivity contribution in [1.82, 2.24) is 5.32 Å². The van der Waals surface area contributed by atoms with Gasteiger partial charge in [0.05, 0.1) is 11.7 Å². The molecule has 0 bridgehead atoms. The van der Waals surface area contributed by atoms with Crippen LogP contribution in [-0.2, 0) is 6.18 Å². The third kappa shape index (κ3) is 4.49. The summed E-state index contributed by atoms with van der Waals surface area (Å²) in [6.45, 7) is 7.75. The fourth-order valence-electron chi connectivity index (χ4n) is 1.98. The lowest BCUT2D eigenvalue weighted by atomic mass is 9.96. The van der Waals surface area contributed by atoms with Crippen LogP contribution >= 0.6 is 0 Å². The Morgan fingerprint density at radius 1 is 1.25 bits per heavy atom. The van der Waals surface area contributed by atoms with Gasteiger partial charge >= 0.3 is 6.18 Å². The van der Waals surface area contributed by atoms with E-state index in [1.807, 2.05) is 20.8 Å². The summed E-state index contributed by atoms with van der Waals surface area (Å²) >= 11 is 0. The number of hydrogen-bond donors (Lipinski definition) is 2. The average Bonchev–Trinajstić information content (AvgIpc) is 2.36. The summed E-state index contributed by atoms with van der Waals surface area (Å²) in [5.41, 5.74) is -0.648. The van der Waals surface area contributed by atoms with E-state index >= 15 is 0 Å². The van der Waals surface area contributed by atoms with Crippen molar-refractivity contribution in [3.8, 4) is 0 Å². The summed E-state index contributed by atoms with van der Waals surface area (Å²) in [5, 5.41) is 13.4. The molecule has 20 heavy (non-hydrogen) atoms. The van der Waals surface area contributed by atoms with Gasteiger partial charge in [-0.3, -0.25) is 0 Å². The Bertz CT molecular complexity index is 443. The zero-order valence-corrected chi connectivity index (χ0v) is 12.3. The van der Waals surface area contributed by atoms with Gasteiger partial charge in [-0.2, -0.15) is 13.2 Å². The number of rotatable bonds is 5. The van der Waals surface area contributed by atoms with Crippen molar-refractivity contribution in [1.29, 1.82) is 0 Å². The maximum atomic E-state index is 12.7. The monoisotopic (exact) mass is 289 g/mol. The van der Waals surface area contributed by atoms with Gasteiger partial charge in [-0.15, -0.1) is 0 Å². The zero-order chi connectivity index (χ0) is 15.6. The van der Waals surface area contributed by atoms with Crippen LogP contribution in [0.4, 0.5) is 13.2 Å². The van der Waals surface area contributed by atoms with Gasteiger partial charge in [0, 0.05) is 11.6 Å². The quantitative estimate of drug-likeness (QED) is 0.861. The molecule has 0 saturated heterocycles. The van der Waals surface area contributed by atoms with E-state index in [-0.39, 0.29) is 17.1 Å². The van der Waals surface area contributed by atoms with E-state index in [2.05, 4.69) is 5.32 Å². The Kier molecular flexibility index (Phi) is 5.21. The Balaban J connectivity index is 2.89. The zero-order valence-electron chi connectivity index (χ0n) is 12.3. The minimum absolute atomic E-state index is 0.179. The van der Waals surface area contributed by atoms with Crippen molar-refractivity contribution in [3.63, 3.8) is 0 Å². The molecule has 1 aromatic rings. The van der Waals surface area contributed by atoms with Crippen LogP contribution < -0.4 is 5.32 Å². The van der Waals surface area contributed by atoms with Crippen LogP contribution in [0.25, 0.3) is 0 Å². The molecule has 0 aliphatic carbocycles. The smallest absolute Gasteiger partial charge is 0.387 e. The summed E-state index contributed by atoms with van der Waals surface area (Å²) in [7, 11) is 0. The molecule has 1 rings (SSSR count). The molecule has 0 saturated carbocycles. The second kappa shape index (κ2) is 6.14. The van der Waals surface area contributed by atoms with Crippen molar-refractivity contribution in [3.05, 3.63) is 35.4 Å². The number of nitrogens with one attached hydrogen (secondary N) is 1. The van der Waals surface area contributed by atoms with Crippen LogP contribution in [0.5, 0.6) is 0 Å². The van der Waals surface area contributed by atoms with Gasteiger partial charge in [-0.1, -0.05) is 19.1 Å². The first-order valence-corrected chi connectivity index (χ1v) is 6.70. The second-order valence-corrected chi connectivity index (χ2v) is 5.74. The number of halogens is 3. The molecule has 0 aliphatic heterocycles. The number of benzene rings is 1. The summed E-state index contributed by atoms with van der Waals surface area (Å²) < 4.78 is 38.0. The molecule has 114 valence electrons. The lowest BCUT2D eigenvalue weighted by molar-refractivity contribution is -0.137. The van der Waals surface area contributed by atoms with E-state index in [1.54, 1.807) is 6.92 Å². The van der Waals surface area contributed by atoms with Crippen LogP contribution in [0.15, 0.2) is 24.3 Å². The summed E-state index contributed by atoms with van der Waals surface area (Å²) in [5.74, 6) is 0. The lowest BCUT2D eigenvalue weighted by Crippen LogP contribution is -2.46. The molecule has 0 heterocycles. The van der Waals surface area contributed by atoms with Crippen LogP contribution in [0, 0.1) is 0 Å². The largest absolute Gasteiger partial charge is 0.416 e. The van der Waals surface area contributed by atoms with Crippen molar-refractivity contribution in [2.45, 2.75) is 58.0 Å². The molecular formula is C15H22F3NO. The average molecular weight is 289 g/mol. The van der Waals surface area contributed by atoms with Crippen LogP contribution in [-0.4, -0.2) is 16.7 Å². The summed E-state index contributed by atoms with van der Waals surface area (Å²) in [4.78, 5) is 0. The van der Waals surface area contributed by atoms with Gasteiger partial charge in [0.2, 0.25) is 0 Å². The summed E-state index contributed by atoms with van der Waals surface area (Å²) in [6.07, 6.45) is -4.52. The normalized spacial score (nSPS) is 16.0. The van der Waals surface area contributed by atoms with E-state index in [9.17, 15) is 18.3 Å². The van der Waals surface area contributed by atoms with Crippen LogP contribution in [0.1, 0.15) is 51.3 Å². The number of alkyl halides is 3. The van der Waals surface area contributed by atoms with Gasteiger partial charge in [0.1, 0.15) is 0 Å². The van der Waals surface area contributed by atoms with Gasteiger partial charge in [0.15, 0.2) is 0 Å². The first-order chi connectivity index (χ1) is 9.07. The minimum Gasteiger partial charge on any atom is -0.387 e. The highest BCUT2D eigenvalue weighted by molar-refractivity contribution is 5.28. The van der Waals surface area contributed by atoms with Crippen LogP contribution in [0.2, 0.25) is 0 Å². The van der Waals surface area contributed by atoms with Crippen LogP contribution in [0.3, 0.4) is 0 Å². The van der Waals surface area contributed by atoms with E-state index in [0.717, 1.165) is 18.6 Å². The molecule has 0 fully saturated rings. The molecule has 0 radical (unpaired) electrons. The number of hydrogen-bond acceptors (Lipinski definition) is 2. The predicted octanol–water partition coefficient (Wildman–Crippen LogP) is 3.91. The molecule has 5 heteroatoms. The van der Waals surface area contributed by atoms with E-state index in [0.29, 0.717) is 0 Å². The fraction of sp³-hybridized carbons (Fsp3) is 0.600. The van der Waals surface area contributed by atoms with Crippen molar-refractivity contribution >= 4 is 0 Å². The van der Waals surface area contributed by atoms with Crippen molar-refractivity contribution in [2.24, 2.45) is 0 Å². The maximum absolute atomic E-state index is 12.7. The van der Waals surface area contributed by atoms with E-state index in [1.165, 1.54) is 12.1 Å². The van der Waals surface area contributed by atoms with Gasteiger partial charge in [-0.05, 0) is 44.9 Å². The Morgan fingerprint density at radius 3 is 2.35 bits per heavy atom. The summed E-state index contributed by atoms with van der Waals surface area (Å²) in [6, 6.07) is 4.50. The third-order valence-corrected chi connectivity index (χ3v) is 3.53. The third-order valence-electron chi connectivity index (χ3n) is 3.53. The van der Waals surface area contributed by atoms with E-state index in [4.69, 9.17) is 0 Å². The molecule has 2 nitrogen and oxygen atoms in total. The van der Waals surface area contributed by atoms with Gasteiger partial charge in [-0.25, -0.2) is 0 Å². The SMILES string of the molecule is CCC(C)(C)N[C@H](C)[C@H](O)c1cccc(C(F)(F)F)c1. The maximum Gasteiger partial charge on any atom is 0.416 e. The Hall–Kier alpha value is -1.07. The Labute approximate surface area is 118 Å². The first kappa shape index (κ1) is 17.0. The van der Waals surface area contributed by atoms with Crippen molar-refractivity contribution < 1.29 is 18.3 Å². The molecule has 0 aromatic heterocycles. The molecule has 1 aromatic carbocycles. The topological polar surface area (TPSA) is 32.3 Å². The molecule has 0 aliphatic rings. The van der Waals surface area contributed by atoms with Gasteiger partial charge < -0.3 is 10.4 Å². The molecule has 0 amide bonds. The number of aliphatic hydroxyl groups excluding tert-OH is 1. The Morgan fingerprint density at radius 2 is 1.85 bits per heavy atom. The predicted molar refractivity (Wildman–Crippen MR) is 73.4 cm³/mol. The van der Waals surface area contributed by atoms with E-state index < -0.39 is 17.8 Å². The fourth-order valence-corrected chi connectivity index (χ4v) is 1.98. The molecule has 2 N–H and O–H groups in total. The highest BCUT2D eigenvalue weighted by Gasteiger charge is 2.31. The molecule has 0 spiro atoms. The highest BCUT2D eigenvalue weighted by atomic mass is 19.4. The van der Waals surface area contributed by atoms with Crippen molar-refractivity contribution in [2.75, 3.05) is 0 Å². The second-order valence-electron chi connectivity index (χ2n) is 5.74. The van der Waals surface area contributed by atoms with Gasteiger partial charge in [0.25, 0.3) is 0 Å².